The molecule has 0 aliphatic rings. The van der Waals surface area contributed by atoms with Crippen molar-refractivity contribution in [2.24, 2.45) is 16.1 Å². The second-order valence-corrected chi connectivity index (χ2v) is 8.48. The number of benzene rings is 2. The minimum Gasteiger partial charge on any atom is -0.493 e. The monoisotopic (exact) mass is 484 g/mol. The fourth-order valence-electron chi connectivity index (χ4n) is 3.26. The minimum atomic E-state index is -0.407. The third kappa shape index (κ3) is 5.58. The van der Waals surface area contributed by atoms with Crippen LogP contribution in [-0.4, -0.2) is 28.0 Å². The van der Waals surface area contributed by atoms with E-state index in [9.17, 15) is 14.7 Å². The topological polar surface area (TPSA) is 96.0 Å². The number of hydrogen-bond acceptors (Lipinski definition) is 4. The molecule has 0 saturated heterocycles. The number of carbonyl (C=O) groups is 2. The zero-order chi connectivity index (χ0) is 22.4. The summed E-state index contributed by atoms with van der Waals surface area (Å²) in [4.78, 5) is 24.3. The molecular weight excluding hydrogens is 460 g/mol. The summed E-state index contributed by atoms with van der Waals surface area (Å²) in [6, 6.07) is 14.7. The molecule has 3 aromatic rings. The molecule has 2 aromatic carbocycles. The van der Waals surface area contributed by atoms with Gasteiger partial charge in [0.15, 0.2) is 5.69 Å². The van der Waals surface area contributed by atoms with Gasteiger partial charge in [-0.2, -0.15) is 0 Å². The summed E-state index contributed by atoms with van der Waals surface area (Å²) in [7, 11) is 0. The van der Waals surface area contributed by atoms with Crippen molar-refractivity contribution in [3.63, 3.8) is 0 Å². The second-order valence-electron chi connectivity index (χ2n) is 7.63. The van der Waals surface area contributed by atoms with Crippen LogP contribution in [0.3, 0.4) is 0 Å². The number of aromatic nitrogens is 1. The number of carbonyl (C=O) groups excluding carboxylic acids is 2. The number of azo groups is 1. The minimum absolute atomic E-state index is 0.00662. The van der Waals surface area contributed by atoms with Crippen molar-refractivity contribution in [1.82, 2.24) is 9.88 Å². The molecule has 0 spiro atoms. The van der Waals surface area contributed by atoms with Crippen molar-refractivity contribution in [3.8, 4) is 5.88 Å². The Kier molecular flexibility index (Phi) is 7.57. The average molecular weight is 485 g/mol. The van der Waals surface area contributed by atoms with Crippen LogP contribution >= 0.6 is 15.9 Å². The highest BCUT2D eigenvalue weighted by Crippen LogP contribution is 2.39. The van der Waals surface area contributed by atoms with Crippen LogP contribution in [0.4, 0.5) is 5.69 Å². The highest BCUT2D eigenvalue weighted by atomic mass is 79.9. The summed E-state index contributed by atoms with van der Waals surface area (Å²) in [5.74, 6) is -0.272. The first-order valence-electron chi connectivity index (χ1n) is 10.2. The van der Waals surface area contributed by atoms with Gasteiger partial charge in [0.25, 0.3) is 11.8 Å². The molecule has 0 aliphatic carbocycles. The van der Waals surface area contributed by atoms with E-state index in [1.54, 1.807) is 22.8 Å². The van der Waals surface area contributed by atoms with Crippen molar-refractivity contribution in [2.45, 2.75) is 33.2 Å². The first kappa shape index (κ1) is 22.7. The summed E-state index contributed by atoms with van der Waals surface area (Å²) in [5.41, 5.74) is 1.69. The van der Waals surface area contributed by atoms with Gasteiger partial charge < -0.3 is 15.0 Å². The van der Waals surface area contributed by atoms with E-state index < -0.39 is 5.91 Å². The van der Waals surface area contributed by atoms with Gasteiger partial charge in [-0.1, -0.05) is 44.2 Å². The Labute approximate surface area is 189 Å². The highest BCUT2D eigenvalue weighted by Gasteiger charge is 2.17. The number of halogens is 1. The second kappa shape index (κ2) is 10.3. The molecule has 0 atom stereocenters. The zero-order valence-electron chi connectivity index (χ0n) is 17.5. The molecule has 0 aliphatic heterocycles. The van der Waals surface area contributed by atoms with E-state index in [0.717, 1.165) is 10.9 Å². The van der Waals surface area contributed by atoms with Crippen LogP contribution in [0.25, 0.3) is 10.9 Å². The Morgan fingerprint density at radius 3 is 2.58 bits per heavy atom. The number of aromatic hydroxyl groups is 1. The molecule has 2 amide bonds. The molecule has 31 heavy (non-hydrogen) atoms. The Bertz CT molecular complexity index is 1120. The summed E-state index contributed by atoms with van der Waals surface area (Å²) < 4.78 is 2.50. The Hall–Kier alpha value is -3.00. The van der Waals surface area contributed by atoms with Crippen LogP contribution in [0.15, 0.2) is 63.2 Å². The lowest BCUT2D eigenvalue weighted by molar-refractivity contribution is -0.118. The SMILES string of the molecule is CC(C)Cn1c(O)c(N=NC(=O)CCCNC(=O)c2ccccc2Br)c2ccccc21. The van der Waals surface area contributed by atoms with Gasteiger partial charge in [0.2, 0.25) is 5.88 Å². The molecule has 0 radical (unpaired) electrons. The fraction of sp³-hybridized carbons (Fsp3) is 0.304. The van der Waals surface area contributed by atoms with Crippen molar-refractivity contribution < 1.29 is 14.7 Å². The lowest BCUT2D eigenvalue weighted by Gasteiger charge is -2.09. The van der Waals surface area contributed by atoms with Crippen molar-refractivity contribution in [1.29, 1.82) is 0 Å². The molecule has 0 bridgehead atoms. The van der Waals surface area contributed by atoms with Crippen molar-refractivity contribution >= 4 is 44.3 Å². The lowest BCUT2D eigenvalue weighted by Crippen LogP contribution is -2.25. The number of nitrogens with zero attached hydrogens (tertiary/aromatic N) is 3. The molecule has 0 saturated carbocycles. The Morgan fingerprint density at radius 1 is 1.13 bits per heavy atom. The van der Waals surface area contributed by atoms with Crippen LogP contribution in [0.2, 0.25) is 0 Å². The normalized spacial score (nSPS) is 11.5. The molecule has 1 heterocycles. The maximum atomic E-state index is 12.2. The number of rotatable bonds is 8. The van der Waals surface area contributed by atoms with Gasteiger partial charge in [-0.05, 0) is 46.5 Å². The van der Waals surface area contributed by atoms with E-state index in [4.69, 9.17) is 0 Å². The van der Waals surface area contributed by atoms with Crippen LogP contribution in [-0.2, 0) is 11.3 Å². The van der Waals surface area contributed by atoms with Crippen LogP contribution < -0.4 is 5.32 Å². The van der Waals surface area contributed by atoms with Crippen LogP contribution in [0.1, 0.15) is 37.0 Å². The molecule has 162 valence electrons. The van der Waals surface area contributed by atoms with E-state index >= 15 is 0 Å². The van der Waals surface area contributed by atoms with E-state index in [-0.39, 0.29) is 18.2 Å². The lowest BCUT2D eigenvalue weighted by atomic mass is 10.2. The maximum absolute atomic E-state index is 12.2. The molecule has 7 nitrogen and oxygen atoms in total. The average Bonchev–Trinajstić information content (AvgIpc) is 3.00. The molecule has 8 heteroatoms. The number of para-hydroxylation sites is 1. The van der Waals surface area contributed by atoms with Gasteiger partial charge in [-0.3, -0.25) is 9.59 Å². The summed E-state index contributed by atoms with van der Waals surface area (Å²) in [5, 5.41) is 22.0. The molecule has 1 aromatic heterocycles. The van der Waals surface area contributed by atoms with Crippen molar-refractivity contribution in [2.75, 3.05) is 6.54 Å². The summed E-state index contributed by atoms with van der Waals surface area (Å²) in [6.07, 6.45) is 0.584. The quantitative estimate of drug-likeness (QED) is 0.322. The van der Waals surface area contributed by atoms with E-state index in [1.807, 2.05) is 30.3 Å². The van der Waals surface area contributed by atoms with Gasteiger partial charge >= 0.3 is 0 Å². The van der Waals surface area contributed by atoms with Crippen LogP contribution in [0.5, 0.6) is 5.88 Å². The predicted molar refractivity (Wildman–Crippen MR) is 124 cm³/mol. The smallest absolute Gasteiger partial charge is 0.264 e. The maximum Gasteiger partial charge on any atom is 0.264 e. The standard InChI is InChI=1S/C23H25BrN4O3/c1-15(2)14-28-19-11-6-4-9-17(19)21(23(28)31)27-26-20(29)12-7-13-25-22(30)16-8-3-5-10-18(16)24/h3-6,8-11,15,31H,7,12-14H2,1-2H3,(H,25,30). The molecular formula is C23H25BrN4O3. The van der Waals surface area contributed by atoms with Gasteiger partial charge in [-0.15, -0.1) is 10.2 Å². The largest absolute Gasteiger partial charge is 0.493 e. The Balaban J connectivity index is 1.59. The summed E-state index contributed by atoms with van der Waals surface area (Å²) in [6.45, 7) is 5.11. The number of nitrogens with one attached hydrogen (secondary N) is 1. The molecule has 0 unspecified atom stereocenters. The number of fused-ring (bicyclic) bond motifs is 1. The molecule has 2 N–H and O–H groups in total. The highest BCUT2D eigenvalue weighted by molar-refractivity contribution is 9.10. The van der Waals surface area contributed by atoms with Gasteiger partial charge in [0, 0.05) is 29.4 Å². The van der Waals surface area contributed by atoms with E-state index in [0.29, 0.717) is 41.2 Å². The predicted octanol–water partition coefficient (Wildman–Crippen LogP) is 5.59. The zero-order valence-corrected chi connectivity index (χ0v) is 19.1. The van der Waals surface area contributed by atoms with E-state index in [1.165, 1.54) is 0 Å². The van der Waals surface area contributed by atoms with Crippen LogP contribution in [0, 0.1) is 5.92 Å². The third-order valence-corrected chi connectivity index (χ3v) is 5.39. The first-order chi connectivity index (χ1) is 14.9. The number of amides is 2. The Morgan fingerprint density at radius 2 is 1.84 bits per heavy atom. The van der Waals surface area contributed by atoms with Gasteiger partial charge in [0.1, 0.15) is 0 Å². The third-order valence-electron chi connectivity index (χ3n) is 4.70. The fourth-order valence-corrected chi connectivity index (χ4v) is 3.72. The summed E-state index contributed by atoms with van der Waals surface area (Å²) >= 11 is 3.34. The van der Waals surface area contributed by atoms with E-state index in [2.05, 4.69) is 45.3 Å². The number of hydrogen-bond donors (Lipinski definition) is 2. The van der Waals surface area contributed by atoms with Crippen molar-refractivity contribution in [3.05, 3.63) is 58.6 Å². The molecule has 3 rings (SSSR count). The molecule has 0 fully saturated rings. The van der Waals surface area contributed by atoms with Gasteiger partial charge in [-0.25, -0.2) is 0 Å². The first-order valence-corrected chi connectivity index (χ1v) is 10.9. The van der Waals surface area contributed by atoms with Gasteiger partial charge in [0.05, 0.1) is 11.1 Å².